The quantitative estimate of drug-likeness (QED) is 0.544. The summed E-state index contributed by atoms with van der Waals surface area (Å²) in [6.07, 6.45) is 4.76. The lowest BCUT2D eigenvalue weighted by Gasteiger charge is -2.20. The molecule has 0 saturated carbocycles. The lowest BCUT2D eigenvalue weighted by atomic mass is 9.95. The number of hydrogen-bond donors (Lipinski definition) is 0. The Morgan fingerprint density at radius 1 is 1.26 bits per heavy atom. The van der Waals surface area contributed by atoms with Crippen LogP contribution >= 0.6 is 11.3 Å². The van der Waals surface area contributed by atoms with Gasteiger partial charge in [-0.1, -0.05) is 46.8 Å². The van der Waals surface area contributed by atoms with Crippen LogP contribution in [0.5, 0.6) is 0 Å². The van der Waals surface area contributed by atoms with Crippen LogP contribution in [-0.4, -0.2) is 9.55 Å². The third-order valence-electron chi connectivity index (χ3n) is 4.48. The number of thiophene rings is 1. The van der Waals surface area contributed by atoms with E-state index in [0.29, 0.717) is 23.4 Å². The lowest BCUT2D eigenvalue weighted by molar-refractivity contribution is 0.511. The Balaban J connectivity index is 1.93. The molecule has 0 aliphatic carbocycles. The van der Waals surface area contributed by atoms with Gasteiger partial charge in [-0.3, -0.25) is 0 Å². The first-order chi connectivity index (χ1) is 13.2. The molecule has 27 heavy (non-hydrogen) atoms. The summed E-state index contributed by atoms with van der Waals surface area (Å²) in [5.41, 5.74) is 3.43. The summed E-state index contributed by atoms with van der Waals surface area (Å²) in [7, 11) is 0. The largest absolute Gasteiger partial charge is 0.330 e. The molecule has 3 rings (SSSR count). The highest BCUT2D eigenvalue weighted by Gasteiger charge is 2.20. The van der Waals surface area contributed by atoms with Gasteiger partial charge >= 0.3 is 0 Å². The van der Waals surface area contributed by atoms with Crippen molar-refractivity contribution >= 4 is 11.3 Å². The van der Waals surface area contributed by atoms with E-state index in [1.807, 2.05) is 30.6 Å². The number of aromatic nitrogens is 2. The van der Waals surface area contributed by atoms with Crippen molar-refractivity contribution in [1.29, 1.82) is 5.26 Å². The summed E-state index contributed by atoms with van der Waals surface area (Å²) in [6.45, 7) is 11.4. The Morgan fingerprint density at radius 2 is 2.04 bits per heavy atom. The molecule has 0 spiro atoms. The first kappa shape index (κ1) is 18.0. The predicted molar refractivity (Wildman–Crippen MR) is 113 cm³/mol. The van der Waals surface area contributed by atoms with Crippen LogP contribution in [0.2, 0.25) is 0 Å². The predicted octanol–water partition coefficient (Wildman–Crippen LogP) is 6.03. The number of rotatable bonds is 5. The molecule has 0 aliphatic heterocycles. The maximum atomic E-state index is 9.72. The molecule has 0 fully saturated rings. The van der Waals surface area contributed by atoms with E-state index < -0.39 is 0 Å². The average molecular weight is 379 g/mol. The zero-order valence-corrected chi connectivity index (χ0v) is 17.5. The van der Waals surface area contributed by atoms with Crippen LogP contribution in [0.25, 0.3) is 11.1 Å². The maximum absolute atomic E-state index is 9.72. The molecule has 2 heterocycles. The number of hydrogen-bond acceptors (Lipinski definition) is 3. The Hall–Kier alpha value is -2.38. The van der Waals surface area contributed by atoms with Crippen molar-refractivity contribution in [2.75, 3.05) is 0 Å². The molecule has 0 unspecified atom stereocenters. The molecule has 2 aromatic heterocycles. The van der Waals surface area contributed by atoms with Gasteiger partial charge in [0.1, 0.15) is 5.82 Å². The van der Waals surface area contributed by atoms with Crippen LogP contribution in [0.3, 0.4) is 0 Å². The summed E-state index contributed by atoms with van der Waals surface area (Å²) in [5.74, 6) is 1.57. The average Bonchev–Trinajstić information content (AvgIpc) is 3.21. The Morgan fingerprint density at radius 3 is 2.70 bits per heavy atom. The molecule has 3 nitrogen and oxygen atoms in total. The summed E-state index contributed by atoms with van der Waals surface area (Å²) < 4.78 is 10.4. The molecule has 0 amide bonds. The molecule has 0 radical (unpaired) electrons. The molecule has 3 aromatic rings. The molecular weight excluding hydrogens is 350 g/mol. The highest BCUT2D eigenvalue weighted by molar-refractivity contribution is 7.10. The number of benzene rings is 1. The van der Waals surface area contributed by atoms with E-state index in [-0.39, 0.29) is 5.41 Å². The van der Waals surface area contributed by atoms with Gasteiger partial charge in [0, 0.05) is 22.7 Å². The summed E-state index contributed by atoms with van der Waals surface area (Å²) in [6, 6.07) is 10.4. The molecule has 0 atom stereocenters. The zero-order chi connectivity index (χ0) is 20.5. The van der Waals surface area contributed by atoms with Gasteiger partial charge in [-0.05, 0) is 46.5 Å². The Kier molecular flexibility index (Phi) is 5.13. The number of nitriles is 1. The van der Waals surface area contributed by atoms with Gasteiger partial charge in [-0.2, -0.15) is 5.26 Å². The second-order valence-electron chi connectivity index (χ2n) is 8.44. The monoisotopic (exact) mass is 378 g/mol. The minimum Gasteiger partial charge on any atom is -0.330 e. The molecule has 0 aliphatic rings. The Labute approximate surface area is 167 Å². The van der Waals surface area contributed by atoms with Gasteiger partial charge in [-0.25, -0.2) is 4.98 Å². The van der Waals surface area contributed by atoms with Crippen molar-refractivity contribution in [3.63, 3.8) is 0 Å². The van der Waals surface area contributed by atoms with Gasteiger partial charge < -0.3 is 4.57 Å². The van der Waals surface area contributed by atoms with Gasteiger partial charge in [0.05, 0.1) is 19.5 Å². The van der Waals surface area contributed by atoms with Crippen molar-refractivity contribution < 1.29 is 1.37 Å². The van der Waals surface area contributed by atoms with Crippen LogP contribution in [0.15, 0.2) is 42.0 Å². The fourth-order valence-electron chi connectivity index (χ4n) is 3.24. The standard InChI is InChI=1S/C23H27N3S/c1-16(2)10-21-12-20(15-27-21)17-6-7-18(19(11-17)13-24)14-26-9-8-25-22(26)23(3,4)5/h6-9,11-12,15-16H,10,14H2,1-5H3/i15D. The normalized spacial score (nSPS) is 12.3. The SMILES string of the molecule is [2H]c1sc(CC(C)C)cc1-c1ccc(Cn2ccnc2C(C)(C)C)c(C#N)c1. The first-order valence-corrected chi connectivity index (χ1v) is 10.1. The fraction of sp³-hybridized carbons (Fsp3) is 0.391. The van der Waals surface area contributed by atoms with Gasteiger partial charge in [0.25, 0.3) is 0 Å². The highest BCUT2D eigenvalue weighted by atomic mass is 32.1. The minimum absolute atomic E-state index is 0.0557. The molecule has 1 aromatic carbocycles. The minimum atomic E-state index is -0.0557. The fourth-order valence-corrected chi connectivity index (χ4v) is 4.25. The van der Waals surface area contributed by atoms with Crippen LogP contribution < -0.4 is 0 Å². The van der Waals surface area contributed by atoms with Gasteiger partial charge in [0.2, 0.25) is 0 Å². The van der Waals surface area contributed by atoms with Crippen molar-refractivity contribution in [3.05, 3.63) is 63.8 Å². The molecule has 140 valence electrons. The second kappa shape index (κ2) is 7.70. The van der Waals surface area contributed by atoms with E-state index in [9.17, 15) is 5.26 Å². The second-order valence-corrected chi connectivity index (χ2v) is 9.37. The van der Waals surface area contributed by atoms with E-state index in [2.05, 4.69) is 56.3 Å². The van der Waals surface area contributed by atoms with Crippen LogP contribution in [0, 0.1) is 17.2 Å². The van der Waals surface area contributed by atoms with Crippen molar-refractivity contribution in [2.24, 2.45) is 5.92 Å². The molecule has 0 saturated heterocycles. The van der Waals surface area contributed by atoms with E-state index in [4.69, 9.17) is 1.37 Å². The molecule has 0 N–H and O–H groups in total. The third-order valence-corrected chi connectivity index (χ3v) is 5.34. The topological polar surface area (TPSA) is 41.6 Å². The number of nitrogens with zero attached hydrogens (tertiary/aromatic N) is 3. The smallest absolute Gasteiger partial charge is 0.114 e. The maximum Gasteiger partial charge on any atom is 0.114 e. The van der Waals surface area contributed by atoms with E-state index >= 15 is 0 Å². The third kappa shape index (κ3) is 4.48. The van der Waals surface area contributed by atoms with E-state index in [1.165, 1.54) is 16.2 Å². The number of imidazole rings is 1. The summed E-state index contributed by atoms with van der Waals surface area (Å²) >= 11 is 1.54. The summed E-state index contributed by atoms with van der Waals surface area (Å²) in [5, 5.41) is 10.3. The molecular formula is C23H27N3S. The van der Waals surface area contributed by atoms with Crippen molar-refractivity contribution in [2.45, 2.75) is 53.0 Å². The van der Waals surface area contributed by atoms with E-state index in [1.54, 1.807) is 0 Å². The van der Waals surface area contributed by atoms with Crippen LogP contribution in [-0.2, 0) is 18.4 Å². The van der Waals surface area contributed by atoms with Gasteiger partial charge in [0.15, 0.2) is 0 Å². The van der Waals surface area contributed by atoms with Crippen LogP contribution in [0.1, 0.15) is 57.8 Å². The van der Waals surface area contributed by atoms with Gasteiger partial charge in [-0.15, -0.1) is 11.3 Å². The summed E-state index contributed by atoms with van der Waals surface area (Å²) in [4.78, 5) is 5.73. The Bertz CT molecular complexity index is 1020. The lowest BCUT2D eigenvalue weighted by Crippen LogP contribution is -2.19. The van der Waals surface area contributed by atoms with Crippen molar-refractivity contribution in [3.8, 4) is 17.2 Å². The van der Waals surface area contributed by atoms with Crippen molar-refractivity contribution in [1.82, 2.24) is 9.55 Å². The van der Waals surface area contributed by atoms with E-state index in [0.717, 1.165) is 28.9 Å². The highest BCUT2D eigenvalue weighted by Crippen LogP contribution is 2.29. The molecule has 0 bridgehead atoms. The molecule has 4 heteroatoms. The first-order valence-electron chi connectivity index (χ1n) is 9.83. The van der Waals surface area contributed by atoms with Crippen LogP contribution in [0.4, 0.5) is 0 Å². The zero-order valence-electron chi connectivity index (χ0n) is 17.7.